The van der Waals surface area contributed by atoms with Gasteiger partial charge in [0.05, 0.1) is 23.5 Å². The van der Waals surface area contributed by atoms with Crippen LogP contribution in [0.25, 0.3) is 0 Å². The Labute approximate surface area is 115 Å². The topological polar surface area (TPSA) is 50.1 Å². The van der Waals surface area contributed by atoms with Crippen LogP contribution < -0.4 is 5.32 Å². The van der Waals surface area contributed by atoms with Crippen molar-refractivity contribution in [2.75, 3.05) is 12.4 Å². The van der Waals surface area contributed by atoms with E-state index in [-0.39, 0.29) is 6.04 Å². The van der Waals surface area contributed by atoms with Gasteiger partial charge in [0.2, 0.25) is 0 Å². The number of nitrogens with zero attached hydrogens (tertiary/aromatic N) is 2. The minimum atomic E-state index is -0.837. The fraction of sp³-hybridized carbons (Fsp3) is 0.769. The van der Waals surface area contributed by atoms with Crippen LogP contribution in [0, 0.1) is 0 Å². The monoisotopic (exact) mass is 275 g/mol. The Morgan fingerprint density at radius 2 is 2.06 bits per heavy atom. The number of hydrogen-bond acceptors (Lipinski definition) is 3. The van der Waals surface area contributed by atoms with Crippen molar-refractivity contribution in [2.24, 2.45) is 0 Å². The van der Waals surface area contributed by atoms with Crippen LogP contribution in [-0.2, 0) is 0 Å². The van der Waals surface area contributed by atoms with Gasteiger partial charge in [0.15, 0.2) is 5.15 Å². The number of aliphatic hydroxyl groups is 1. The third kappa shape index (κ3) is 4.18. The first-order valence-electron chi connectivity index (χ1n) is 6.55. The first kappa shape index (κ1) is 17.3. The van der Waals surface area contributed by atoms with Crippen molar-refractivity contribution in [1.29, 1.82) is 0 Å². The van der Waals surface area contributed by atoms with Crippen LogP contribution in [0.4, 0.5) is 5.69 Å². The second-order valence-corrected chi connectivity index (χ2v) is 4.86. The predicted molar refractivity (Wildman–Crippen MR) is 78.4 cm³/mol. The third-order valence-corrected chi connectivity index (χ3v) is 3.05. The zero-order chi connectivity index (χ0) is 14.3. The molecule has 0 aliphatic carbocycles. The zero-order valence-electron chi connectivity index (χ0n) is 12.3. The largest absolute Gasteiger partial charge is 0.388 e. The molecule has 0 fully saturated rings. The van der Waals surface area contributed by atoms with Crippen molar-refractivity contribution < 1.29 is 5.11 Å². The molecule has 5 heteroatoms. The van der Waals surface area contributed by atoms with Crippen molar-refractivity contribution in [2.45, 2.75) is 59.1 Å². The van der Waals surface area contributed by atoms with Crippen LogP contribution in [-0.4, -0.2) is 27.5 Å². The van der Waals surface area contributed by atoms with Crippen molar-refractivity contribution >= 4 is 17.3 Å². The molecule has 1 rings (SSSR count). The van der Waals surface area contributed by atoms with E-state index in [0.29, 0.717) is 5.15 Å². The fourth-order valence-electron chi connectivity index (χ4n) is 1.78. The van der Waals surface area contributed by atoms with Gasteiger partial charge < -0.3 is 10.4 Å². The van der Waals surface area contributed by atoms with Crippen molar-refractivity contribution in [1.82, 2.24) is 9.78 Å². The van der Waals surface area contributed by atoms with Gasteiger partial charge in [-0.05, 0) is 20.3 Å². The number of halogens is 1. The Kier molecular flexibility index (Phi) is 7.33. The SMILES string of the molecule is CC.CCCC(n1ncc(NC)c1Cl)C(C)(C)O. The number of aromatic nitrogens is 2. The van der Waals surface area contributed by atoms with Gasteiger partial charge in [-0.3, -0.25) is 0 Å². The van der Waals surface area contributed by atoms with Crippen LogP contribution >= 0.6 is 11.6 Å². The molecule has 0 radical (unpaired) electrons. The molecule has 0 aliphatic rings. The maximum atomic E-state index is 10.1. The van der Waals surface area contributed by atoms with Gasteiger partial charge >= 0.3 is 0 Å². The molecule has 0 aromatic carbocycles. The maximum absolute atomic E-state index is 10.1. The van der Waals surface area contributed by atoms with Crippen molar-refractivity contribution in [3.8, 4) is 0 Å². The van der Waals surface area contributed by atoms with E-state index >= 15 is 0 Å². The highest BCUT2D eigenvalue weighted by Gasteiger charge is 2.30. The van der Waals surface area contributed by atoms with E-state index in [9.17, 15) is 5.11 Å². The summed E-state index contributed by atoms with van der Waals surface area (Å²) in [6, 6.07) is -0.105. The Bertz CT molecular complexity index is 344. The lowest BCUT2D eigenvalue weighted by Crippen LogP contribution is -2.34. The van der Waals surface area contributed by atoms with E-state index in [0.717, 1.165) is 18.5 Å². The summed E-state index contributed by atoms with van der Waals surface area (Å²) in [4.78, 5) is 0. The molecule has 1 aromatic rings. The molecule has 0 spiro atoms. The quantitative estimate of drug-likeness (QED) is 0.861. The first-order valence-corrected chi connectivity index (χ1v) is 6.92. The van der Waals surface area contributed by atoms with Gasteiger partial charge in [-0.25, -0.2) is 4.68 Å². The van der Waals surface area contributed by atoms with E-state index < -0.39 is 5.60 Å². The summed E-state index contributed by atoms with van der Waals surface area (Å²) < 4.78 is 1.69. The standard InChI is InChI=1S/C11H20ClN3O.C2H6/c1-5-6-9(11(2,3)16)15-10(12)8(13-4)7-14-15;1-2/h7,9,13,16H,5-6H2,1-4H3;1-2H3. The Balaban J connectivity index is 0.00000137. The third-order valence-electron chi connectivity index (χ3n) is 2.68. The number of rotatable bonds is 5. The molecule has 106 valence electrons. The zero-order valence-corrected chi connectivity index (χ0v) is 13.0. The summed E-state index contributed by atoms with van der Waals surface area (Å²) in [6.07, 6.45) is 3.49. The van der Waals surface area contributed by atoms with E-state index in [4.69, 9.17) is 11.6 Å². The molecule has 1 aromatic heterocycles. The lowest BCUT2D eigenvalue weighted by atomic mass is 9.95. The van der Waals surface area contributed by atoms with E-state index in [2.05, 4.69) is 17.3 Å². The summed E-state index contributed by atoms with van der Waals surface area (Å²) in [5.41, 5.74) is -0.0523. The fourth-order valence-corrected chi connectivity index (χ4v) is 2.09. The van der Waals surface area contributed by atoms with Gasteiger partial charge in [-0.15, -0.1) is 0 Å². The molecule has 0 saturated heterocycles. The van der Waals surface area contributed by atoms with Crippen molar-refractivity contribution in [3.63, 3.8) is 0 Å². The van der Waals surface area contributed by atoms with Gasteiger partial charge in [0.1, 0.15) is 0 Å². The molecule has 0 saturated carbocycles. The minimum absolute atomic E-state index is 0.105. The summed E-state index contributed by atoms with van der Waals surface area (Å²) in [6.45, 7) is 9.64. The Morgan fingerprint density at radius 1 is 1.50 bits per heavy atom. The lowest BCUT2D eigenvalue weighted by Gasteiger charge is -2.29. The van der Waals surface area contributed by atoms with Crippen molar-refractivity contribution in [3.05, 3.63) is 11.3 Å². The van der Waals surface area contributed by atoms with E-state index in [1.54, 1.807) is 31.8 Å². The molecular weight excluding hydrogens is 250 g/mol. The summed E-state index contributed by atoms with van der Waals surface area (Å²) in [7, 11) is 1.80. The van der Waals surface area contributed by atoms with Crippen LogP contribution in [0.5, 0.6) is 0 Å². The molecule has 4 nitrogen and oxygen atoms in total. The minimum Gasteiger partial charge on any atom is -0.388 e. The summed E-state index contributed by atoms with van der Waals surface area (Å²) >= 11 is 6.19. The molecule has 18 heavy (non-hydrogen) atoms. The molecule has 1 unspecified atom stereocenters. The van der Waals surface area contributed by atoms with Gasteiger partial charge in [0.25, 0.3) is 0 Å². The highest BCUT2D eigenvalue weighted by Crippen LogP contribution is 2.32. The number of hydrogen-bond donors (Lipinski definition) is 2. The lowest BCUT2D eigenvalue weighted by molar-refractivity contribution is 0.0142. The Hall–Kier alpha value is -0.740. The van der Waals surface area contributed by atoms with E-state index in [1.165, 1.54) is 0 Å². The number of anilines is 1. The predicted octanol–water partition coefficient (Wildman–Crippen LogP) is 3.72. The Morgan fingerprint density at radius 3 is 2.39 bits per heavy atom. The highest BCUT2D eigenvalue weighted by atomic mass is 35.5. The second-order valence-electron chi connectivity index (χ2n) is 4.50. The summed E-state index contributed by atoms with van der Waals surface area (Å²) in [5.74, 6) is 0. The summed E-state index contributed by atoms with van der Waals surface area (Å²) in [5, 5.41) is 17.9. The average molecular weight is 276 g/mol. The highest BCUT2D eigenvalue weighted by molar-refractivity contribution is 6.32. The smallest absolute Gasteiger partial charge is 0.150 e. The van der Waals surface area contributed by atoms with Gasteiger partial charge in [0, 0.05) is 7.05 Å². The van der Waals surface area contributed by atoms with E-state index in [1.807, 2.05) is 13.8 Å². The molecular formula is C13H26ClN3O. The molecule has 0 aliphatic heterocycles. The average Bonchev–Trinajstić information content (AvgIpc) is 2.68. The van der Waals surface area contributed by atoms with Crippen LogP contribution in [0.1, 0.15) is 53.5 Å². The maximum Gasteiger partial charge on any atom is 0.150 e. The second kappa shape index (κ2) is 7.64. The first-order chi connectivity index (χ1) is 8.41. The van der Waals surface area contributed by atoms with Gasteiger partial charge in [-0.2, -0.15) is 5.10 Å². The van der Waals surface area contributed by atoms with Crippen LogP contribution in [0.2, 0.25) is 5.15 Å². The molecule has 0 bridgehead atoms. The number of nitrogens with one attached hydrogen (secondary N) is 1. The van der Waals surface area contributed by atoms with Crippen LogP contribution in [0.3, 0.4) is 0 Å². The molecule has 1 atom stereocenters. The normalized spacial score (nSPS) is 12.7. The van der Waals surface area contributed by atoms with Crippen LogP contribution in [0.15, 0.2) is 6.20 Å². The molecule has 2 N–H and O–H groups in total. The molecule has 0 amide bonds. The molecule has 1 heterocycles. The van der Waals surface area contributed by atoms with Gasteiger partial charge in [-0.1, -0.05) is 38.8 Å².